The Morgan fingerprint density at radius 3 is 1.31 bits per heavy atom. The van der Waals surface area contributed by atoms with Crippen LogP contribution in [0.4, 0.5) is 34.1 Å². The molecule has 9 aromatic rings. The normalized spacial score (nSPS) is 13.9. The van der Waals surface area contributed by atoms with Gasteiger partial charge in [0, 0.05) is 38.6 Å². The molecule has 2 aliphatic carbocycles. The molecule has 0 amide bonds. The number of halogens is 1. The van der Waals surface area contributed by atoms with Crippen LogP contribution in [0.25, 0.3) is 33.4 Å². The molecule has 0 radical (unpaired) electrons. The van der Waals surface area contributed by atoms with Gasteiger partial charge in [0.15, 0.2) is 0 Å². The molecule has 0 saturated heterocycles. The van der Waals surface area contributed by atoms with Crippen molar-refractivity contribution in [3.63, 3.8) is 0 Å². The van der Waals surface area contributed by atoms with Crippen LogP contribution in [-0.2, 0) is 5.41 Å². The van der Waals surface area contributed by atoms with E-state index in [0.29, 0.717) is 5.56 Å². The van der Waals surface area contributed by atoms with Crippen LogP contribution in [-0.4, -0.2) is 0 Å². The lowest BCUT2D eigenvalue weighted by Gasteiger charge is -2.33. The molecule has 3 heteroatoms. The van der Waals surface area contributed by atoms with E-state index >= 15 is 0 Å². The lowest BCUT2D eigenvalue weighted by molar-refractivity contribution is 0.793. The zero-order valence-electron chi connectivity index (χ0n) is 36.2. The van der Waals surface area contributed by atoms with Crippen LogP contribution in [0, 0.1) is 0 Å². The second-order valence-electron chi connectivity index (χ2n) is 14.7. The summed E-state index contributed by atoms with van der Waals surface area (Å²) in [6.07, 6.45) is 0. The summed E-state index contributed by atoms with van der Waals surface area (Å²) < 4.78 is 42.7. The predicted molar refractivity (Wildman–Crippen MR) is 245 cm³/mol. The van der Waals surface area contributed by atoms with Gasteiger partial charge in [-0.15, -0.1) is 0 Å². The molecule has 0 fully saturated rings. The number of hydrogen-bond donors (Lipinski definition) is 0. The second kappa shape index (κ2) is 13.9. The Kier molecular flexibility index (Phi) is 7.03. The van der Waals surface area contributed by atoms with Crippen molar-refractivity contribution in [2.45, 2.75) is 5.41 Å². The first-order chi connectivity index (χ1) is 30.8. The Hall–Kier alpha value is -6.94. The minimum absolute atomic E-state index is 0.172. The Morgan fingerprint density at radius 2 is 0.776 bits per heavy atom. The van der Waals surface area contributed by atoms with Crippen LogP contribution in [0.3, 0.4) is 0 Å². The summed E-state index contributed by atoms with van der Waals surface area (Å²) in [4.78, 5) is 4.49. The maximum absolute atomic E-state index is 8.60. The number of benzene rings is 9. The highest BCUT2D eigenvalue weighted by molar-refractivity contribution is 9.10. The van der Waals surface area contributed by atoms with Crippen molar-refractivity contribution < 1.29 is 6.85 Å². The Bertz CT molecular complexity index is 3170. The molecule has 11 rings (SSSR count). The van der Waals surface area contributed by atoms with Crippen molar-refractivity contribution in [3.05, 3.63) is 251 Å². The van der Waals surface area contributed by atoms with Crippen molar-refractivity contribution >= 4 is 50.1 Å². The molecule has 0 atom stereocenters. The third-order valence-electron chi connectivity index (χ3n) is 11.6. The Balaban J connectivity index is 1.09. The molecule has 2 nitrogen and oxygen atoms in total. The summed E-state index contributed by atoms with van der Waals surface area (Å²) >= 11 is 3.93. The molecule has 58 heavy (non-hydrogen) atoms. The molecular formula is C55H37BrN2. The third-order valence-corrected chi connectivity index (χ3v) is 12.0. The van der Waals surface area contributed by atoms with E-state index in [2.05, 4.69) is 171 Å². The van der Waals surface area contributed by atoms with Crippen LogP contribution in [0.15, 0.2) is 229 Å². The zero-order chi connectivity index (χ0) is 43.0. The molecule has 0 bridgehead atoms. The van der Waals surface area contributed by atoms with Crippen molar-refractivity contribution in [1.29, 1.82) is 0 Å². The molecule has 274 valence electrons. The molecule has 2 aliphatic rings. The van der Waals surface area contributed by atoms with Gasteiger partial charge >= 0.3 is 0 Å². The van der Waals surface area contributed by atoms with Gasteiger partial charge in [-0.2, -0.15) is 0 Å². The van der Waals surface area contributed by atoms with Gasteiger partial charge in [-0.25, -0.2) is 0 Å². The van der Waals surface area contributed by atoms with Crippen molar-refractivity contribution in [2.24, 2.45) is 0 Å². The Labute approximate surface area is 355 Å². The highest BCUT2D eigenvalue weighted by Crippen LogP contribution is 2.63. The average Bonchev–Trinajstić information content (AvgIpc) is 3.79. The van der Waals surface area contributed by atoms with Gasteiger partial charge in [0.1, 0.15) is 0 Å². The minimum Gasteiger partial charge on any atom is -0.310 e. The first kappa shape index (κ1) is 29.3. The monoisotopic (exact) mass is 809 g/mol. The van der Waals surface area contributed by atoms with Gasteiger partial charge in [-0.3, -0.25) is 0 Å². The first-order valence-electron chi connectivity index (χ1n) is 21.9. The van der Waals surface area contributed by atoms with Gasteiger partial charge in [-0.05, 0) is 122 Å². The number of anilines is 6. The molecule has 9 aromatic carbocycles. The standard InChI is InChI=1S/C55H37BrN2/c56-40-34-45(57(41-18-6-2-7-19-41)43-30-28-39(29-31-43)38-16-4-1-5-17-38)36-46(35-40)58(42-20-8-3-9-21-42)44-32-33-50-49-24-12-15-27-53(49)55(54(50)37-44)51-25-13-10-22-47(51)48-23-11-14-26-52(48)55/h1-37H/i1D,4D,5D,16D,17D. The fraction of sp³-hybridized carbons (Fsp3) is 0.0182. The van der Waals surface area contributed by atoms with Crippen LogP contribution in [0.1, 0.15) is 29.1 Å². The van der Waals surface area contributed by atoms with Gasteiger partial charge in [-0.1, -0.05) is 174 Å². The fourth-order valence-electron chi connectivity index (χ4n) is 9.26. The van der Waals surface area contributed by atoms with Crippen LogP contribution >= 0.6 is 15.9 Å². The molecule has 0 aliphatic heterocycles. The van der Waals surface area contributed by atoms with E-state index in [0.717, 1.165) is 38.6 Å². The van der Waals surface area contributed by atoms with Crippen molar-refractivity contribution in [2.75, 3.05) is 9.80 Å². The summed E-state index contributed by atoms with van der Waals surface area (Å²) in [7, 11) is 0. The highest BCUT2D eigenvalue weighted by atomic mass is 79.9. The van der Waals surface area contributed by atoms with E-state index in [4.69, 9.17) is 6.85 Å². The van der Waals surface area contributed by atoms with Crippen LogP contribution in [0.5, 0.6) is 0 Å². The van der Waals surface area contributed by atoms with E-state index < -0.39 is 11.5 Å². The van der Waals surface area contributed by atoms with E-state index in [1.807, 2.05) is 48.5 Å². The molecule has 0 aromatic heterocycles. The van der Waals surface area contributed by atoms with Crippen molar-refractivity contribution in [3.8, 4) is 33.4 Å². The highest BCUT2D eigenvalue weighted by Gasteiger charge is 2.51. The SMILES string of the molecule is [2H]c1c([2H])c([2H])c(-c2ccc(N(c3ccccc3)c3cc(Br)cc(N(c4ccccc4)c4ccc5c(c4)C4(c6ccccc6-c6ccccc64)c4ccccc4-5)c3)cc2)c([2H])c1[2H]. The summed E-state index contributed by atoms with van der Waals surface area (Å²) in [5.74, 6) is 0. The maximum Gasteiger partial charge on any atom is 0.0726 e. The maximum atomic E-state index is 8.60. The molecule has 1 spiro atoms. The predicted octanol–water partition coefficient (Wildman–Crippen LogP) is 15.4. The molecule has 0 N–H and O–H groups in total. The van der Waals surface area contributed by atoms with E-state index in [-0.39, 0.29) is 29.7 Å². The molecule has 0 heterocycles. The zero-order valence-corrected chi connectivity index (χ0v) is 32.8. The molecular weight excluding hydrogens is 769 g/mol. The Morgan fingerprint density at radius 1 is 0.345 bits per heavy atom. The number of fused-ring (bicyclic) bond motifs is 10. The van der Waals surface area contributed by atoms with E-state index in [1.165, 1.54) is 44.5 Å². The summed E-state index contributed by atoms with van der Waals surface area (Å²) in [5, 5.41) is 0. The fourth-order valence-corrected chi connectivity index (χ4v) is 9.73. The number of para-hydroxylation sites is 2. The van der Waals surface area contributed by atoms with Gasteiger partial charge < -0.3 is 9.80 Å². The largest absolute Gasteiger partial charge is 0.310 e. The lowest BCUT2D eigenvalue weighted by Crippen LogP contribution is -2.26. The average molecular weight is 811 g/mol. The topological polar surface area (TPSA) is 6.48 Å². The number of rotatable bonds is 7. The quantitative estimate of drug-likeness (QED) is 0.158. The summed E-state index contributed by atoms with van der Waals surface area (Å²) in [5.41, 5.74) is 16.0. The van der Waals surface area contributed by atoms with Crippen LogP contribution in [0.2, 0.25) is 0 Å². The van der Waals surface area contributed by atoms with Crippen LogP contribution < -0.4 is 9.80 Å². The number of hydrogen-bond acceptors (Lipinski definition) is 2. The molecule has 0 unspecified atom stereocenters. The summed E-state index contributed by atoms with van der Waals surface area (Å²) in [6.45, 7) is 0. The summed E-state index contributed by atoms with van der Waals surface area (Å²) in [6, 6.07) is 66.6. The number of nitrogens with zero attached hydrogens (tertiary/aromatic N) is 2. The van der Waals surface area contributed by atoms with Gasteiger partial charge in [0.25, 0.3) is 0 Å². The van der Waals surface area contributed by atoms with Gasteiger partial charge in [0.05, 0.1) is 12.3 Å². The van der Waals surface area contributed by atoms with Gasteiger partial charge in [0.2, 0.25) is 0 Å². The minimum atomic E-state index is -0.495. The smallest absolute Gasteiger partial charge is 0.0726 e. The lowest BCUT2D eigenvalue weighted by atomic mass is 9.70. The molecule has 0 saturated carbocycles. The third kappa shape index (κ3) is 5.39. The van der Waals surface area contributed by atoms with E-state index in [9.17, 15) is 0 Å². The van der Waals surface area contributed by atoms with E-state index in [1.54, 1.807) is 0 Å². The van der Waals surface area contributed by atoms with Crippen molar-refractivity contribution in [1.82, 2.24) is 0 Å². The second-order valence-corrected chi connectivity index (χ2v) is 15.6. The first-order valence-corrected chi connectivity index (χ1v) is 20.2.